The first-order valence-corrected chi connectivity index (χ1v) is 3.60. The van der Waals surface area contributed by atoms with Crippen LogP contribution in [0.15, 0.2) is 0 Å². The first-order valence-electron chi connectivity index (χ1n) is 3.60. The zero-order valence-electron chi connectivity index (χ0n) is 6.85. The van der Waals surface area contributed by atoms with E-state index in [1.165, 1.54) is 0 Å². The Bertz CT molecular complexity index is 99.0. The second kappa shape index (κ2) is 5.23. The molecule has 0 aliphatic carbocycles. The Balaban J connectivity index is 2.98. The van der Waals surface area contributed by atoms with Gasteiger partial charge in [-0.25, -0.2) is 0 Å². The maximum Gasteiger partial charge on any atom is 0.0905 e. The van der Waals surface area contributed by atoms with Gasteiger partial charge >= 0.3 is 0 Å². The summed E-state index contributed by atoms with van der Waals surface area (Å²) in [7, 11) is 4.10. The molecule has 0 heterocycles. The molecule has 0 aliphatic heterocycles. The van der Waals surface area contributed by atoms with Gasteiger partial charge in [0.1, 0.15) is 0 Å². The summed E-state index contributed by atoms with van der Waals surface area (Å²) in [5.41, 5.74) is 5.18. The molecule has 10 heavy (non-hydrogen) atoms. The molecule has 0 aromatic carbocycles. The fraction of sp³-hybridized carbons (Fsp3) is 0.857. The number of rotatable bonds is 5. The Hall–Kier alpha value is -0.570. The number of nitrogens with two attached hydrogens (primary N) is 1. The van der Waals surface area contributed by atoms with Crippen LogP contribution in [0.2, 0.25) is 0 Å². The SMILES string of the molecule is CN(C)CCCCC(=N)N. The molecule has 60 valence electrons. The lowest BCUT2D eigenvalue weighted by molar-refractivity contribution is 0.396. The lowest BCUT2D eigenvalue weighted by atomic mass is 10.2. The van der Waals surface area contributed by atoms with Gasteiger partial charge in [0.2, 0.25) is 0 Å². The number of hydrogen-bond acceptors (Lipinski definition) is 2. The van der Waals surface area contributed by atoms with Crippen molar-refractivity contribution in [2.24, 2.45) is 5.73 Å². The van der Waals surface area contributed by atoms with Gasteiger partial charge in [-0.15, -0.1) is 0 Å². The molecule has 0 atom stereocenters. The minimum atomic E-state index is 0.304. The Morgan fingerprint density at radius 1 is 1.40 bits per heavy atom. The van der Waals surface area contributed by atoms with Crippen molar-refractivity contribution in [2.75, 3.05) is 20.6 Å². The largest absolute Gasteiger partial charge is 0.388 e. The van der Waals surface area contributed by atoms with Crippen molar-refractivity contribution in [1.82, 2.24) is 4.90 Å². The molecule has 0 saturated heterocycles. The van der Waals surface area contributed by atoms with Crippen LogP contribution in [-0.2, 0) is 0 Å². The van der Waals surface area contributed by atoms with Gasteiger partial charge in [0, 0.05) is 6.42 Å². The fourth-order valence-electron chi connectivity index (χ4n) is 0.743. The van der Waals surface area contributed by atoms with Crippen molar-refractivity contribution in [2.45, 2.75) is 19.3 Å². The fourth-order valence-corrected chi connectivity index (χ4v) is 0.743. The van der Waals surface area contributed by atoms with Gasteiger partial charge in [-0.2, -0.15) is 0 Å². The molecular weight excluding hydrogens is 126 g/mol. The molecule has 0 unspecified atom stereocenters. The molecule has 0 rings (SSSR count). The predicted octanol–water partition coefficient (Wildman–Crippen LogP) is 0.654. The molecule has 0 saturated carbocycles. The third-order valence-electron chi connectivity index (χ3n) is 1.30. The van der Waals surface area contributed by atoms with E-state index in [4.69, 9.17) is 11.1 Å². The van der Waals surface area contributed by atoms with Gasteiger partial charge in [0.05, 0.1) is 5.84 Å². The van der Waals surface area contributed by atoms with Crippen molar-refractivity contribution < 1.29 is 0 Å². The first-order chi connectivity index (χ1) is 4.63. The van der Waals surface area contributed by atoms with Crippen molar-refractivity contribution in [3.63, 3.8) is 0 Å². The zero-order valence-corrected chi connectivity index (χ0v) is 6.85. The summed E-state index contributed by atoms with van der Waals surface area (Å²) in [4.78, 5) is 2.14. The van der Waals surface area contributed by atoms with Crippen LogP contribution < -0.4 is 5.73 Å². The van der Waals surface area contributed by atoms with Crippen molar-refractivity contribution in [3.8, 4) is 0 Å². The van der Waals surface area contributed by atoms with Crippen LogP contribution in [0.25, 0.3) is 0 Å². The van der Waals surface area contributed by atoms with Crippen LogP contribution in [0.3, 0.4) is 0 Å². The van der Waals surface area contributed by atoms with Crippen molar-refractivity contribution >= 4 is 5.84 Å². The summed E-state index contributed by atoms with van der Waals surface area (Å²) in [6.45, 7) is 1.09. The number of unbranched alkanes of at least 4 members (excludes halogenated alkanes) is 1. The van der Waals surface area contributed by atoms with Crippen molar-refractivity contribution in [3.05, 3.63) is 0 Å². The first kappa shape index (κ1) is 9.43. The summed E-state index contributed by atoms with van der Waals surface area (Å²) in [5.74, 6) is 0.304. The van der Waals surface area contributed by atoms with E-state index < -0.39 is 0 Å². The van der Waals surface area contributed by atoms with Gasteiger partial charge in [-0.1, -0.05) is 0 Å². The average molecular weight is 143 g/mol. The molecule has 0 aromatic rings. The van der Waals surface area contributed by atoms with Gasteiger partial charge < -0.3 is 10.6 Å². The molecule has 3 heteroatoms. The summed E-state index contributed by atoms with van der Waals surface area (Å²) in [6.07, 6.45) is 2.91. The van der Waals surface area contributed by atoms with E-state index in [0.29, 0.717) is 5.84 Å². The molecule has 0 amide bonds. The molecule has 0 radical (unpaired) electrons. The Labute approximate surface area is 62.7 Å². The van der Waals surface area contributed by atoms with Crippen LogP contribution in [-0.4, -0.2) is 31.4 Å². The van der Waals surface area contributed by atoms with Crippen LogP contribution in [0, 0.1) is 5.41 Å². The van der Waals surface area contributed by atoms with E-state index in [1.807, 2.05) is 14.1 Å². The van der Waals surface area contributed by atoms with Gasteiger partial charge in [-0.05, 0) is 33.5 Å². The Kier molecular flexibility index (Phi) is 4.94. The molecule has 3 N–H and O–H groups in total. The number of nitrogens with one attached hydrogen (secondary N) is 1. The minimum absolute atomic E-state index is 0.304. The summed E-state index contributed by atoms with van der Waals surface area (Å²) < 4.78 is 0. The van der Waals surface area contributed by atoms with E-state index in [0.717, 1.165) is 25.8 Å². The lowest BCUT2D eigenvalue weighted by Gasteiger charge is -2.07. The summed E-state index contributed by atoms with van der Waals surface area (Å²) in [6, 6.07) is 0. The number of nitrogens with zero attached hydrogens (tertiary/aromatic N) is 1. The lowest BCUT2D eigenvalue weighted by Crippen LogP contribution is -2.14. The van der Waals surface area contributed by atoms with E-state index >= 15 is 0 Å². The summed E-state index contributed by atoms with van der Waals surface area (Å²) >= 11 is 0. The maximum atomic E-state index is 6.94. The van der Waals surface area contributed by atoms with Crippen molar-refractivity contribution in [1.29, 1.82) is 5.41 Å². The standard InChI is InChI=1S/C7H17N3/c1-10(2)6-4-3-5-7(8)9/h3-6H2,1-2H3,(H3,8,9). The van der Waals surface area contributed by atoms with Crippen LogP contribution in [0.5, 0.6) is 0 Å². The second-order valence-electron chi connectivity index (χ2n) is 2.79. The molecule has 0 aliphatic rings. The van der Waals surface area contributed by atoms with Gasteiger partial charge in [-0.3, -0.25) is 5.41 Å². The quantitative estimate of drug-likeness (QED) is 0.337. The summed E-state index contributed by atoms with van der Waals surface area (Å²) in [5, 5.41) is 6.94. The van der Waals surface area contributed by atoms with Crippen LogP contribution in [0.1, 0.15) is 19.3 Å². The highest BCUT2D eigenvalue weighted by Gasteiger charge is 1.91. The van der Waals surface area contributed by atoms with E-state index in [9.17, 15) is 0 Å². The molecule has 0 aromatic heterocycles. The molecule has 0 bridgehead atoms. The zero-order chi connectivity index (χ0) is 7.98. The third kappa shape index (κ3) is 7.43. The molecule has 0 fully saturated rings. The maximum absolute atomic E-state index is 6.94. The normalized spacial score (nSPS) is 10.3. The third-order valence-corrected chi connectivity index (χ3v) is 1.30. The number of amidine groups is 1. The minimum Gasteiger partial charge on any atom is -0.388 e. The monoisotopic (exact) mass is 143 g/mol. The topological polar surface area (TPSA) is 53.1 Å². The van der Waals surface area contributed by atoms with Gasteiger partial charge in [0.25, 0.3) is 0 Å². The molecular formula is C7H17N3. The Morgan fingerprint density at radius 3 is 2.40 bits per heavy atom. The van der Waals surface area contributed by atoms with Crippen LogP contribution in [0.4, 0.5) is 0 Å². The average Bonchev–Trinajstić information content (AvgIpc) is 1.79. The van der Waals surface area contributed by atoms with Gasteiger partial charge in [0.15, 0.2) is 0 Å². The predicted molar refractivity (Wildman–Crippen MR) is 44.3 cm³/mol. The highest BCUT2D eigenvalue weighted by Crippen LogP contribution is 1.94. The van der Waals surface area contributed by atoms with E-state index in [2.05, 4.69) is 4.90 Å². The molecule has 3 nitrogen and oxygen atoms in total. The van der Waals surface area contributed by atoms with Crippen LogP contribution >= 0.6 is 0 Å². The van der Waals surface area contributed by atoms with E-state index in [1.54, 1.807) is 0 Å². The molecule has 0 spiro atoms. The Morgan fingerprint density at radius 2 is 2.00 bits per heavy atom. The van der Waals surface area contributed by atoms with E-state index in [-0.39, 0.29) is 0 Å². The highest BCUT2D eigenvalue weighted by atomic mass is 15.0. The smallest absolute Gasteiger partial charge is 0.0905 e. The highest BCUT2D eigenvalue weighted by molar-refractivity contribution is 5.76. The number of hydrogen-bond donors (Lipinski definition) is 2. The second-order valence-corrected chi connectivity index (χ2v) is 2.79.